The molecule has 0 fully saturated rings. The highest BCUT2D eigenvalue weighted by atomic mass is 32.2. The molecule has 0 radical (unpaired) electrons. The Morgan fingerprint density at radius 1 is 1.29 bits per heavy atom. The molecule has 8 heteroatoms. The molecule has 0 unspecified atom stereocenters. The van der Waals surface area contributed by atoms with Crippen LogP contribution < -0.4 is 4.72 Å². The third kappa shape index (κ3) is 4.18. The number of thioether (sulfide) groups is 1. The van der Waals surface area contributed by atoms with E-state index < -0.39 is 10.0 Å². The minimum atomic E-state index is -3.63. The van der Waals surface area contributed by atoms with Crippen molar-refractivity contribution in [1.29, 1.82) is 0 Å². The van der Waals surface area contributed by atoms with Gasteiger partial charge in [0.2, 0.25) is 5.13 Å². The lowest BCUT2D eigenvalue weighted by atomic mass is 10.2. The van der Waals surface area contributed by atoms with Gasteiger partial charge in [-0.15, -0.1) is 10.2 Å². The van der Waals surface area contributed by atoms with Gasteiger partial charge in [0.25, 0.3) is 10.0 Å². The summed E-state index contributed by atoms with van der Waals surface area (Å²) in [6.07, 6.45) is 1.04. The van der Waals surface area contributed by atoms with E-state index in [-0.39, 0.29) is 4.90 Å². The maximum absolute atomic E-state index is 12.4. The van der Waals surface area contributed by atoms with E-state index in [0.29, 0.717) is 10.7 Å². The van der Waals surface area contributed by atoms with Crippen molar-refractivity contribution in [3.05, 3.63) is 29.3 Å². The Labute approximate surface area is 133 Å². The minimum absolute atomic E-state index is 0.278. The van der Waals surface area contributed by atoms with Crippen LogP contribution in [0.25, 0.3) is 0 Å². The molecule has 1 N–H and O–H groups in total. The SMILES string of the molecule is CCCSc1nnc(NS(=O)(=O)c2cc(C)ccc2C)s1. The van der Waals surface area contributed by atoms with Gasteiger partial charge < -0.3 is 0 Å². The number of sulfonamides is 1. The molecule has 1 aromatic carbocycles. The number of nitrogens with one attached hydrogen (secondary N) is 1. The van der Waals surface area contributed by atoms with Crippen LogP contribution >= 0.6 is 23.1 Å². The third-order valence-electron chi connectivity index (χ3n) is 2.69. The Bertz CT molecular complexity index is 726. The van der Waals surface area contributed by atoms with Gasteiger partial charge in [-0.25, -0.2) is 8.42 Å². The van der Waals surface area contributed by atoms with Crippen LogP contribution in [0.3, 0.4) is 0 Å². The van der Waals surface area contributed by atoms with Crippen molar-refractivity contribution in [2.75, 3.05) is 10.5 Å². The number of nitrogens with zero attached hydrogens (tertiary/aromatic N) is 2. The van der Waals surface area contributed by atoms with E-state index in [1.807, 2.05) is 13.0 Å². The van der Waals surface area contributed by atoms with Gasteiger partial charge in [-0.2, -0.15) is 0 Å². The van der Waals surface area contributed by atoms with Crippen LogP contribution in [0.4, 0.5) is 5.13 Å². The van der Waals surface area contributed by atoms with Crippen LogP contribution in [-0.4, -0.2) is 24.4 Å². The summed E-state index contributed by atoms with van der Waals surface area (Å²) in [6.45, 7) is 5.72. The van der Waals surface area contributed by atoms with Gasteiger partial charge >= 0.3 is 0 Å². The minimum Gasteiger partial charge on any atom is -0.253 e. The molecule has 2 rings (SSSR count). The fraction of sp³-hybridized carbons (Fsp3) is 0.385. The van der Waals surface area contributed by atoms with E-state index >= 15 is 0 Å². The summed E-state index contributed by atoms with van der Waals surface area (Å²) < 4.78 is 28.1. The second-order valence-electron chi connectivity index (χ2n) is 4.60. The second-order valence-corrected chi connectivity index (χ2v) is 8.57. The van der Waals surface area contributed by atoms with Gasteiger partial charge in [-0.1, -0.05) is 42.2 Å². The smallest absolute Gasteiger partial charge is 0.253 e. The number of rotatable bonds is 6. The number of hydrogen-bond donors (Lipinski definition) is 1. The van der Waals surface area contributed by atoms with Gasteiger partial charge in [-0.05, 0) is 37.5 Å². The molecule has 1 aromatic heterocycles. The van der Waals surface area contributed by atoms with Gasteiger partial charge in [0, 0.05) is 5.75 Å². The molecule has 0 atom stereocenters. The monoisotopic (exact) mass is 343 g/mol. The summed E-state index contributed by atoms with van der Waals surface area (Å²) in [4.78, 5) is 0.278. The molecule has 114 valence electrons. The quantitative estimate of drug-likeness (QED) is 0.813. The topological polar surface area (TPSA) is 72.0 Å². The van der Waals surface area contributed by atoms with E-state index in [1.54, 1.807) is 30.8 Å². The lowest BCUT2D eigenvalue weighted by Gasteiger charge is -2.08. The Morgan fingerprint density at radius 2 is 2.05 bits per heavy atom. The highest BCUT2D eigenvalue weighted by Gasteiger charge is 2.19. The standard InChI is InChI=1S/C13H17N3O2S3/c1-4-7-19-13-15-14-12(20-13)16-21(17,18)11-8-9(2)5-6-10(11)3/h5-6,8H,4,7H2,1-3H3,(H,14,16). The summed E-state index contributed by atoms with van der Waals surface area (Å²) in [6, 6.07) is 5.34. The van der Waals surface area contributed by atoms with Crippen molar-refractivity contribution in [3.63, 3.8) is 0 Å². The second kappa shape index (κ2) is 6.76. The molecule has 0 aliphatic carbocycles. The Morgan fingerprint density at radius 3 is 2.76 bits per heavy atom. The number of anilines is 1. The van der Waals surface area contributed by atoms with Crippen LogP contribution in [0.2, 0.25) is 0 Å². The first-order valence-electron chi connectivity index (χ1n) is 6.48. The fourth-order valence-corrected chi connectivity index (χ4v) is 4.90. The molecule has 0 amide bonds. The highest BCUT2D eigenvalue weighted by Crippen LogP contribution is 2.28. The van der Waals surface area contributed by atoms with Crippen molar-refractivity contribution in [2.24, 2.45) is 0 Å². The van der Waals surface area contributed by atoms with Crippen LogP contribution in [0, 0.1) is 13.8 Å². The molecule has 0 aliphatic heterocycles. The molecule has 0 aliphatic rings. The summed E-state index contributed by atoms with van der Waals surface area (Å²) in [5.74, 6) is 0.943. The van der Waals surface area contributed by atoms with E-state index in [1.165, 1.54) is 11.3 Å². The summed E-state index contributed by atoms with van der Waals surface area (Å²) >= 11 is 2.83. The predicted octanol–water partition coefficient (Wildman–Crippen LogP) is 3.46. The molecule has 21 heavy (non-hydrogen) atoms. The molecule has 0 saturated heterocycles. The van der Waals surface area contributed by atoms with Crippen molar-refractivity contribution in [2.45, 2.75) is 36.4 Å². The first kappa shape index (κ1) is 16.3. The van der Waals surface area contributed by atoms with Crippen LogP contribution in [-0.2, 0) is 10.0 Å². The van der Waals surface area contributed by atoms with Gasteiger partial charge in [0.15, 0.2) is 4.34 Å². The number of aromatic nitrogens is 2. The van der Waals surface area contributed by atoms with Gasteiger partial charge in [0.05, 0.1) is 4.90 Å². The molecule has 0 saturated carbocycles. The zero-order valence-electron chi connectivity index (χ0n) is 12.1. The summed E-state index contributed by atoms with van der Waals surface area (Å²) in [7, 11) is -3.63. The number of aryl methyl sites for hydroxylation is 2. The van der Waals surface area contributed by atoms with E-state index in [4.69, 9.17) is 0 Å². The summed E-state index contributed by atoms with van der Waals surface area (Å²) in [5, 5.41) is 8.17. The van der Waals surface area contributed by atoms with Gasteiger partial charge in [0.1, 0.15) is 0 Å². The fourth-order valence-electron chi connectivity index (χ4n) is 1.67. The average molecular weight is 343 g/mol. The molecule has 0 bridgehead atoms. The molecule has 5 nitrogen and oxygen atoms in total. The van der Waals surface area contributed by atoms with Crippen LogP contribution in [0.1, 0.15) is 24.5 Å². The lowest BCUT2D eigenvalue weighted by molar-refractivity contribution is 0.600. The van der Waals surface area contributed by atoms with E-state index in [2.05, 4.69) is 21.8 Å². The maximum atomic E-state index is 12.4. The van der Waals surface area contributed by atoms with Crippen molar-refractivity contribution in [1.82, 2.24) is 10.2 Å². The predicted molar refractivity (Wildman–Crippen MR) is 87.6 cm³/mol. The molecule has 1 heterocycles. The Hall–Kier alpha value is -1.12. The summed E-state index contributed by atoms with van der Waals surface area (Å²) in [5.41, 5.74) is 1.61. The van der Waals surface area contributed by atoms with E-state index in [0.717, 1.165) is 22.1 Å². The Kier molecular flexibility index (Phi) is 5.23. The normalized spacial score (nSPS) is 11.6. The molecule has 2 aromatic rings. The van der Waals surface area contributed by atoms with Crippen LogP contribution in [0.5, 0.6) is 0 Å². The number of benzene rings is 1. The van der Waals surface area contributed by atoms with Crippen molar-refractivity contribution < 1.29 is 8.42 Å². The average Bonchev–Trinajstić information content (AvgIpc) is 2.86. The van der Waals surface area contributed by atoms with E-state index in [9.17, 15) is 8.42 Å². The maximum Gasteiger partial charge on any atom is 0.263 e. The van der Waals surface area contributed by atoms with Crippen LogP contribution in [0.15, 0.2) is 27.4 Å². The third-order valence-corrected chi connectivity index (χ3v) is 6.48. The first-order chi connectivity index (χ1) is 9.92. The Balaban J connectivity index is 2.21. The van der Waals surface area contributed by atoms with Crippen molar-refractivity contribution in [3.8, 4) is 0 Å². The number of hydrogen-bond acceptors (Lipinski definition) is 6. The highest BCUT2D eigenvalue weighted by molar-refractivity contribution is 8.01. The first-order valence-corrected chi connectivity index (χ1v) is 9.77. The molecule has 0 spiro atoms. The zero-order valence-corrected chi connectivity index (χ0v) is 14.5. The largest absolute Gasteiger partial charge is 0.263 e. The van der Waals surface area contributed by atoms with Crippen molar-refractivity contribution >= 4 is 38.3 Å². The van der Waals surface area contributed by atoms with Gasteiger partial charge in [-0.3, -0.25) is 4.72 Å². The molecular formula is C13H17N3O2S3. The zero-order chi connectivity index (χ0) is 15.5. The molecular weight excluding hydrogens is 326 g/mol. The lowest BCUT2D eigenvalue weighted by Crippen LogP contribution is -2.14.